The molecule has 0 amide bonds. The van der Waals surface area contributed by atoms with Crippen molar-refractivity contribution in [3.8, 4) is 11.1 Å². The van der Waals surface area contributed by atoms with Crippen LogP contribution in [-0.2, 0) is 0 Å². The highest BCUT2D eigenvalue weighted by Gasteiger charge is 2.05. The first-order valence-corrected chi connectivity index (χ1v) is 6.42. The topological polar surface area (TPSA) is 0 Å². The number of rotatable bonds is 1. The molecule has 3 unspecified atom stereocenters. The fourth-order valence-electron chi connectivity index (χ4n) is 1.56. The maximum absolute atomic E-state index is 2.81. The van der Waals surface area contributed by atoms with Gasteiger partial charge in [0.05, 0.1) is 0 Å². The Morgan fingerprint density at radius 1 is 0.600 bits per heavy atom. The highest BCUT2D eigenvalue weighted by molar-refractivity contribution is 7.36. The van der Waals surface area contributed by atoms with Crippen molar-refractivity contribution < 1.29 is 0 Å². The number of hydrogen-bond donors (Lipinski definition) is 0. The molecule has 0 bridgehead atoms. The minimum absolute atomic E-state index is 1.23. The van der Waals surface area contributed by atoms with Gasteiger partial charge >= 0.3 is 0 Å². The quantitative estimate of drug-likeness (QED) is 0.678. The molecular weight excluding hydrogens is 237 g/mol. The standard InChI is InChI=1S/C12H13P3/c13-10-6-2-1-4-8(10)9-5-3-7-11(14)12(9)15/h1-7H,13-15H2. The second kappa shape index (κ2) is 4.71. The molecule has 0 fully saturated rings. The summed E-state index contributed by atoms with van der Waals surface area (Å²) in [6.45, 7) is 0. The van der Waals surface area contributed by atoms with E-state index in [1.54, 1.807) is 0 Å². The van der Waals surface area contributed by atoms with E-state index in [1.807, 2.05) is 0 Å². The van der Waals surface area contributed by atoms with Crippen LogP contribution in [0.1, 0.15) is 0 Å². The molecule has 0 radical (unpaired) electrons. The number of benzene rings is 2. The van der Waals surface area contributed by atoms with Crippen LogP contribution >= 0.6 is 27.7 Å². The van der Waals surface area contributed by atoms with Crippen molar-refractivity contribution in [2.75, 3.05) is 0 Å². The maximum Gasteiger partial charge on any atom is -0.00998 e. The molecular formula is C12H13P3. The van der Waals surface area contributed by atoms with Crippen LogP contribution in [0.15, 0.2) is 42.5 Å². The fraction of sp³-hybridized carbons (Fsp3) is 0. The van der Waals surface area contributed by atoms with Crippen molar-refractivity contribution in [3.05, 3.63) is 42.5 Å². The molecule has 0 aliphatic heterocycles. The van der Waals surface area contributed by atoms with Crippen LogP contribution in [0.4, 0.5) is 0 Å². The van der Waals surface area contributed by atoms with Crippen LogP contribution in [0.25, 0.3) is 11.1 Å². The third kappa shape index (κ3) is 2.29. The molecule has 0 aliphatic rings. The molecule has 2 aromatic rings. The highest BCUT2D eigenvalue weighted by atomic mass is 31.0. The maximum atomic E-state index is 2.81. The van der Waals surface area contributed by atoms with Gasteiger partial charge in [0, 0.05) is 0 Å². The summed E-state index contributed by atoms with van der Waals surface area (Å²) in [5.41, 5.74) is 2.55. The van der Waals surface area contributed by atoms with E-state index in [2.05, 4.69) is 70.2 Å². The summed E-state index contributed by atoms with van der Waals surface area (Å²) in [5.74, 6) is 0. The van der Waals surface area contributed by atoms with Gasteiger partial charge in [-0.25, -0.2) is 0 Å². The molecule has 0 aliphatic carbocycles. The Bertz CT molecular complexity index is 492. The van der Waals surface area contributed by atoms with Gasteiger partial charge in [-0.05, 0) is 27.0 Å². The average molecular weight is 250 g/mol. The van der Waals surface area contributed by atoms with E-state index in [9.17, 15) is 0 Å². The van der Waals surface area contributed by atoms with Gasteiger partial charge in [-0.1, -0.05) is 42.5 Å². The van der Waals surface area contributed by atoms with Crippen LogP contribution in [0.3, 0.4) is 0 Å². The summed E-state index contributed by atoms with van der Waals surface area (Å²) in [4.78, 5) is 0. The lowest BCUT2D eigenvalue weighted by Gasteiger charge is -2.10. The first-order chi connectivity index (χ1) is 7.20. The first-order valence-electron chi connectivity index (χ1n) is 4.69. The molecule has 0 N–H and O–H groups in total. The van der Waals surface area contributed by atoms with Crippen LogP contribution in [0.5, 0.6) is 0 Å². The molecule has 0 saturated heterocycles. The largest absolute Gasteiger partial charge is 0.105 e. The van der Waals surface area contributed by atoms with Gasteiger partial charge in [0.15, 0.2) is 0 Å². The normalized spacial score (nSPS) is 10.3. The summed E-state index contributed by atoms with van der Waals surface area (Å²) < 4.78 is 0. The van der Waals surface area contributed by atoms with Crippen LogP contribution < -0.4 is 15.9 Å². The van der Waals surface area contributed by atoms with Crippen LogP contribution in [0, 0.1) is 0 Å². The lowest BCUT2D eigenvalue weighted by Crippen LogP contribution is -2.15. The summed E-state index contributed by atoms with van der Waals surface area (Å²) >= 11 is 0. The summed E-state index contributed by atoms with van der Waals surface area (Å²) in [6, 6.07) is 14.7. The van der Waals surface area contributed by atoms with Gasteiger partial charge < -0.3 is 0 Å². The van der Waals surface area contributed by atoms with Crippen LogP contribution in [0.2, 0.25) is 0 Å². The SMILES string of the molecule is Pc1ccccc1-c1cccc(P)c1P. The van der Waals surface area contributed by atoms with E-state index in [0.717, 1.165) is 0 Å². The molecule has 0 heterocycles. The van der Waals surface area contributed by atoms with E-state index >= 15 is 0 Å². The van der Waals surface area contributed by atoms with Gasteiger partial charge in [-0.3, -0.25) is 0 Å². The van der Waals surface area contributed by atoms with Gasteiger partial charge in [-0.15, -0.1) is 27.7 Å². The van der Waals surface area contributed by atoms with E-state index in [1.165, 1.54) is 27.0 Å². The molecule has 2 aromatic carbocycles. The Hall–Kier alpha value is -0.270. The highest BCUT2D eigenvalue weighted by Crippen LogP contribution is 2.18. The Kier molecular flexibility index (Phi) is 3.53. The number of hydrogen-bond acceptors (Lipinski definition) is 0. The molecule has 3 atom stereocenters. The first kappa shape index (κ1) is 11.2. The van der Waals surface area contributed by atoms with Gasteiger partial charge in [0.25, 0.3) is 0 Å². The molecule has 2 rings (SSSR count). The van der Waals surface area contributed by atoms with Crippen molar-refractivity contribution in [3.63, 3.8) is 0 Å². The van der Waals surface area contributed by atoms with Gasteiger partial charge in [-0.2, -0.15) is 0 Å². The third-order valence-corrected chi connectivity index (χ3v) is 4.38. The Morgan fingerprint density at radius 3 is 1.93 bits per heavy atom. The smallest absolute Gasteiger partial charge is 0.00998 e. The Balaban J connectivity index is 2.65. The van der Waals surface area contributed by atoms with Crippen molar-refractivity contribution in [1.29, 1.82) is 0 Å². The second-order valence-electron chi connectivity index (χ2n) is 3.40. The lowest BCUT2D eigenvalue weighted by molar-refractivity contribution is 1.71. The molecule has 0 aromatic heterocycles. The summed E-state index contributed by atoms with van der Waals surface area (Å²) in [6.07, 6.45) is 0. The van der Waals surface area contributed by atoms with E-state index < -0.39 is 0 Å². The monoisotopic (exact) mass is 250 g/mol. The van der Waals surface area contributed by atoms with Crippen molar-refractivity contribution >= 4 is 43.6 Å². The third-order valence-electron chi connectivity index (χ3n) is 2.39. The zero-order chi connectivity index (χ0) is 10.8. The summed E-state index contributed by atoms with van der Waals surface area (Å²) in [5, 5.41) is 3.71. The van der Waals surface area contributed by atoms with Gasteiger partial charge in [0.2, 0.25) is 0 Å². The van der Waals surface area contributed by atoms with E-state index in [0.29, 0.717) is 0 Å². The zero-order valence-corrected chi connectivity index (χ0v) is 11.7. The predicted molar refractivity (Wildman–Crippen MR) is 79.9 cm³/mol. The average Bonchev–Trinajstić information content (AvgIpc) is 2.23. The van der Waals surface area contributed by atoms with E-state index in [4.69, 9.17) is 0 Å². The minimum atomic E-state index is 1.23. The molecule has 0 nitrogen and oxygen atoms in total. The zero-order valence-electron chi connectivity index (χ0n) is 8.27. The minimum Gasteiger partial charge on any atom is -0.105 e. The van der Waals surface area contributed by atoms with Crippen molar-refractivity contribution in [1.82, 2.24) is 0 Å². The van der Waals surface area contributed by atoms with Crippen molar-refractivity contribution in [2.45, 2.75) is 0 Å². The Labute approximate surface area is 97.5 Å². The molecule has 76 valence electrons. The molecule has 0 saturated carbocycles. The Morgan fingerprint density at radius 2 is 1.20 bits per heavy atom. The predicted octanol–water partition coefficient (Wildman–Crippen LogP) is 1.85. The second-order valence-corrected chi connectivity index (χ2v) is 5.22. The lowest BCUT2D eigenvalue weighted by atomic mass is 10.1. The van der Waals surface area contributed by atoms with Crippen molar-refractivity contribution in [2.24, 2.45) is 0 Å². The molecule has 15 heavy (non-hydrogen) atoms. The summed E-state index contributed by atoms with van der Waals surface area (Å²) in [7, 11) is 8.35. The van der Waals surface area contributed by atoms with E-state index in [-0.39, 0.29) is 0 Å². The molecule has 3 heteroatoms. The van der Waals surface area contributed by atoms with Crippen LogP contribution in [-0.4, -0.2) is 0 Å². The fourth-order valence-corrected chi connectivity index (χ4v) is 2.54. The molecule has 0 spiro atoms. The van der Waals surface area contributed by atoms with Gasteiger partial charge in [0.1, 0.15) is 0 Å².